The van der Waals surface area contributed by atoms with Crippen LogP contribution in [0.15, 0.2) is 29.3 Å². The van der Waals surface area contributed by atoms with Gasteiger partial charge in [0, 0.05) is 38.3 Å². The molecule has 1 aromatic carbocycles. The van der Waals surface area contributed by atoms with Crippen molar-refractivity contribution in [1.82, 2.24) is 15.1 Å². The van der Waals surface area contributed by atoms with E-state index in [9.17, 15) is 0 Å². The summed E-state index contributed by atoms with van der Waals surface area (Å²) in [6.45, 7) is 6.34. The molecule has 8 heteroatoms. The van der Waals surface area contributed by atoms with E-state index in [1.54, 1.807) is 0 Å². The molecule has 30 heavy (non-hydrogen) atoms. The number of rotatable bonds is 5. The lowest BCUT2D eigenvalue weighted by Gasteiger charge is -2.38. The summed E-state index contributed by atoms with van der Waals surface area (Å²) in [7, 11) is 1.86. The van der Waals surface area contributed by atoms with E-state index in [2.05, 4.69) is 32.2 Å². The fraction of sp³-hybridized carbons (Fsp3) is 0.682. The first-order valence-corrected chi connectivity index (χ1v) is 11.3. The van der Waals surface area contributed by atoms with Crippen LogP contribution < -0.4 is 5.32 Å². The molecule has 3 aliphatic heterocycles. The normalized spacial score (nSPS) is 26.5. The van der Waals surface area contributed by atoms with Crippen molar-refractivity contribution in [2.45, 2.75) is 43.9 Å². The number of nitrogens with zero attached hydrogens (tertiary/aromatic N) is 3. The number of hydrogen-bond donors (Lipinski definition) is 1. The maximum absolute atomic E-state index is 6.29. The lowest BCUT2D eigenvalue weighted by Crippen LogP contribution is -2.54. The van der Waals surface area contributed by atoms with Gasteiger partial charge in [-0.05, 0) is 56.5 Å². The minimum Gasteiger partial charge on any atom is -0.375 e. The third kappa shape index (κ3) is 6.00. The van der Waals surface area contributed by atoms with Gasteiger partial charge < -0.3 is 19.7 Å². The van der Waals surface area contributed by atoms with Crippen LogP contribution in [0, 0.1) is 0 Å². The summed E-state index contributed by atoms with van der Waals surface area (Å²) >= 11 is 6.29. The van der Waals surface area contributed by atoms with Crippen LogP contribution in [0.3, 0.4) is 0 Å². The van der Waals surface area contributed by atoms with Crippen LogP contribution in [0.4, 0.5) is 0 Å². The smallest absolute Gasteiger partial charge is 0.193 e. The molecule has 0 spiro atoms. The number of halogens is 2. The minimum atomic E-state index is 0. The van der Waals surface area contributed by atoms with Gasteiger partial charge >= 0.3 is 0 Å². The summed E-state index contributed by atoms with van der Waals surface area (Å²) in [4.78, 5) is 9.44. The molecule has 1 N–H and O–H groups in total. The molecule has 0 bridgehead atoms. The summed E-state index contributed by atoms with van der Waals surface area (Å²) in [5.41, 5.74) is 1.27. The Morgan fingerprint density at radius 3 is 2.67 bits per heavy atom. The summed E-state index contributed by atoms with van der Waals surface area (Å²) in [6.07, 6.45) is 5.11. The SMILES string of the molecule is CN=C(NCC(c1cccc(Cl)c1)N1CCCC1)N1CCOC(C2CCCO2)C1.I. The molecule has 6 nitrogen and oxygen atoms in total. The zero-order valence-electron chi connectivity index (χ0n) is 17.8. The summed E-state index contributed by atoms with van der Waals surface area (Å²) in [5, 5.41) is 4.44. The van der Waals surface area contributed by atoms with Gasteiger partial charge in [-0.15, -0.1) is 24.0 Å². The van der Waals surface area contributed by atoms with Crippen molar-refractivity contribution in [3.05, 3.63) is 34.9 Å². The molecule has 0 aromatic heterocycles. The first-order valence-electron chi connectivity index (χ1n) is 10.9. The highest BCUT2D eigenvalue weighted by Gasteiger charge is 2.32. The standard InChI is InChI=1S/C22H33ClN4O2.HI/c1-24-22(27-11-13-29-21(16-27)20-8-5-12-28-20)25-15-19(26-9-2-3-10-26)17-6-4-7-18(23)14-17;/h4,6-7,14,19-21H,2-3,5,8-13,15-16H2,1H3,(H,24,25);1H. The van der Waals surface area contributed by atoms with Crippen molar-refractivity contribution in [2.24, 2.45) is 4.99 Å². The lowest BCUT2D eigenvalue weighted by atomic mass is 10.1. The van der Waals surface area contributed by atoms with Gasteiger partial charge in [0.15, 0.2) is 5.96 Å². The zero-order valence-corrected chi connectivity index (χ0v) is 20.9. The van der Waals surface area contributed by atoms with Gasteiger partial charge in [0.2, 0.25) is 0 Å². The molecular weight excluding hydrogens is 515 g/mol. The van der Waals surface area contributed by atoms with Gasteiger partial charge in [-0.3, -0.25) is 9.89 Å². The Balaban J connectivity index is 0.00000256. The largest absolute Gasteiger partial charge is 0.375 e. The van der Waals surface area contributed by atoms with E-state index < -0.39 is 0 Å². The second-order valence-corrected chi connectivity index (χ2v) is 8.59. The van der Waals surface area contributed by atoms with Crippen molar-refractivity contribution in [3.63, 3.8) is 0 Å². The van der Waals surface area contributed by atoms with Crippen LogP contribution >= 0.6 is 35.6 Å². The second-order valence-electron chi connectivity index (χ2n) is 8.15. The third-order valence-electron chi connectivity index (χ3n) is 6.25. The van der Waals surface area contributed by atoms with Crippen molar-refractivity contribution in [1.29, 1.82) is 0 Å². The Labute approximate surface area is 202 Å². The molecule has 3 heterocycles. The lowest BCUT2D eigenvalue weighted by molar-refractivity contribution is -0.0817. The molecule has 3 atom stereocenters. The Morgan fingerprint density at radius 1 is 1.17 bits per heavy atom. The molecule has 3 saturated heterocycles. The maximum atomic E-state index is 6.29. The molecule has 3 aliphatic rings. The average molecular weight is 549 g/mol. The van der Waals surface area contributed by atoms with Crippen molar-refractivity contribution < 1.29 is 9.47 Å². The maximum Gasteiger partial charge on any atom is 0.193 e. The molecule has 3 unspecified atom stereocenters. The predicted octanol–water partition coefficient (Wildman–Crippen LogP) is 3.55. The molecule has 1 aromatic rings. The molecule has 0 saturated carbocycles. The van der Waals surface area contributed by atoms with Gasteiger partial charge in [-0.2, -0.15) is 0 Å². The van der Waals surface area contributed by atoms with E-state index >= 15 is 0 Å². The van der Waals surface area contributed by atoms with Crippen LogP contribution in [-0.4, -0.2) is 81.0 Å². The number of likely N-dealkylation sites (tertiary alicyclic amines) is 1. The van der Waals surface area contributed by atoms with E-state index in [1.165, 1.54) is 18.4 Å². The van der Waals surface area contributed by atoms with Gasteiger partial charge in [0.1, 0.15) is 6.10 Å². The van der Waals surface area contributed by atoms with Crippen LogP contribution in [0.1, 0.15) is 37.3 Å². The Morgan fingerprint density at radius 2 is 1.97 bits per heavy atom. The van der Waals surface area contributed by atoms with Gasteiger partial charge in [0.05, 0.1) is 18.8 Å². The molecule has 0 amide bonds. The Hall–Kier alpha value is -0.610. The van der Waals surface area contributed by atoms with E-state index in [1.807, 2.05) is 19.2 Å². The predicted molar refractivity (Wildman–Crippen MR) is 132 cm³/mol. The fourth-order valence-electron chi connectivity index (χ4n) is 4.73. The fourth-order valence-corrected chi connectivity index (χ4v) is 4.93. The third-order valence-corrected chi connectivity index (χ3v) is 6.49. The number of nitrogens with one attached hydrogen (secondary N) is 1. The quantitative estimate of drug-likeness (QED) is 0.347. The average Bonchev–Trinajstić information content (AvgIpc) is 3.46. The van der Waals surface area contributed by atoms with E-state index in [4.69, 9.17) is 21.1 Å². The zero-order chi connectivity index (χ0) is 20.1. The molecular formula is C22H34ClIN4O2. The van der Waals surface area contributed by atoms with Gasteiger partial charge in [-0.1, -0.05) is 23.7 Å². The highest BCUT2D eigenvalue weighted by molar-refractivity contribution is 14.0. The highest BCUT2D eigenvalue weighted by atomic mass is 127. The number of guanidine groups is 1. The first kappa shape index (κ1) is 24.0. The Bertz CT molecular complexity index is 695. The van der Waals surface area contributed by atoms with E-state index in [0.717, 1.165) is 69.8 Å². The van der Waals surface area contributed by atoms with E-state index in [0.29, 0.717) is 6.04 Å². The topological polar surface area (TPSA) is 49.3 Å². The van der Waals surface area contributed by atoms with Gasteiger partial charge in [0.25, 0.3) is 0 Å². The Kier molecular flexibility index (Phi) is 9.50. The molecule has 168 valence electrons. The summed E-state index contributed by atoms with van der Waals surface area (Å²) < 4.78 is 11.9. The summed E-state index contributed by atoms with van der Waals surface area (Å²) in [6, 6.07) is 8.56. The van der Waals surface area contributed by atoms with Crippen LogP contribution in [0.2, 0.25) is 5.02 Å². The highest BCUT2D eigenvalue weighted by Crippen LogP contribution is 2.27. The van der Waals surface area contributed by atoms with Crippen LogP contribution in [0.5, 0.6) is 0 Å². The van der Waals surface area contributed by atoms with Crippen LogP contribution in [0.25, 0.3) is 0 Å². The van der Waals surface area contributed by atoms with Gasteiger partial charge in [-0.25, -0.2) is 0 Å². The van der Waals surface area contributed by atoms with Crippen molar-refractivity contribution >= 4 is 41.5 Å². The molecule has 3 fully saturated rings. The summed E-state index contributed by atoms with van der Waals surface area (Å²) in [5.74, 6) is 0.947. The van der Waals surface area contributed by atoms with Crippen LogP contribution in [-0.2, 0) is 9.47 Å². The number of aliphatic imine (C=N–C) groups is 1. The first-order chi connectivity index (χ1) is 14.2. The number of hydrogen-bond acceptors (Lipinski definition) is 4. The molecule has 4 rings (SSSR count). The van der Waals surface area contributed by atoms with Crippen molar-refractivity contribution in [3.8, 4) is 0 Å². The molecule has 0 radical (unpaired) electrons. The minimum absolute atomic E-state index is 0. The monoisotopic (exact) mass is 548 g/mol. The van der Waals surface area contributed by atoms with Crippen molar-refractivity contribution in [2.75, 3.05) is 53.0 Å². The number of ether oxygens (including phenoxy) is 2. The molecule has 0 aliphatic carbocycles. The van der Waals surface area contributed by atoms with E-state index in [-0.39, 0.29) is 36.2 Å². The number of morpholine rings is 1. The second kappa shape index (κ2) is 11.9. The number of benzene rings is 1.